The van der Waals surface area contributed by atoms with Crippen molar-refractivity contribution in [2.45, 2.75) is 0 Å². The SMILES string of the molecule is Cn1nc(C(=O)Nc2ccc(F)cc2F)ccc1=O. The highest BCUT2D eigenvalue weighted by Crippen LogP contribution is 2.15. The van der Waals surface area contributed by atoms with Crippen molar-refractivity contribution in [1.82, 2.24) is 9.78 Å². The molecule has 0 spiro atoms. The van der Waals surface area contributed by atoms with Gasteiger partial charge in [0.15, 0.2) is 0 Å². The van der Waals surface area contributed by atoms with E-state index in [2.05, 4.69) is 10.4 Å². The highest BCUT2D eigenvalue weighted by molar-refractivity contribution is 6.02. The molecular formula is C12H9F2N3O2. The first-order valence-electron chi connectivity index (χ1n) is 5.28. The van der Waals surface area contributed by atoms with Crippen LogP contribution in [0.5, 0.6) is 0 Å². The third-order valence-electron chi connectivity index (χ3n) is 2.37. The van der Waals surface area contributed by atoms with E-state index >= 15 is 0 Å². The second-order valence-electron chi connectivity index (χ2n) is 3.76. The lowest BCUT2D eigenvalue weighted by atomic mass is 10.3. The Labute approximate surface area is 106 Å². The topological polar surface area (TPSA) is 64.0 Å². The highest BCUT2D eigenvalue weighted by Gasteiger charge is 2.12. The van der Waals surface area contributed by atoms with Crippen LogP contribution in [0.4, 0.5) is 14.5 Å². The number of carbonyl (C=O) groups excluding carboxylic acids is 1. The van der Waals surface area contributed by atoms with Crippen LogP contribution in [0.1, 0.15) is 10.5 Å². The summed E-state index contributed by atoms with van der Waals surface area (Å²) in [6, 6.07) is 5.17. The minimum atomic E-state index is -0.891. The van der Waals surface area contributed by atoms with Crippen molar-refractivity contribution in [3.05, 3.63) is 58.0 Å². The van der Waals surface area contributed by atoms with Crippen LogP contribution < -0.4 is 10.9 Å². The molecule has 0 saturated heterocycles. The molecule has 0 aliphatic heterocycles. The zero-order valence-corrected chi connectivity index (χ0v) is 9.85. The molecule has 1 amide bonds. The number of nitrogens with zero attached hydrogens (tertiary/aromatic N) is 2. The van der Waals surface area contributed by atoms with Crippen molar-refractivity contribution < 1.29 is 13.6 Å². The van der Waals surface area contributed by atoms with Gasteiger partial charge >= 0.3 is 0 Å². The van der Waals surface area contributed by atoms with Crippen LogP contribution in [-0.4, -0.2) is 15.7 Å². The molecule has 0 bridgehead atoms. The van der Waals surface area contributed by atoms with Crippen molar-refractivity contribution in [2.24, 2.45) is 7.05 Å². The van der Waals surface area contributed by atoms with Gasteiger partial charge in [-0.3, -0.25) is 9.59 Å². The molecule has 98 valence electrons. The number of rotatable bonds is 2. The monoisotopic (exact) mass is 265 g/mol. The van der Waals surface area contributed by atoms with E-state index in [9.17, 15) is 18.4 Å². The first-order valence-corrected chi connectivity index (χ1v) is 5.28. The Bertz CT molecular complexity index is 698. The molecule has 2 rings (SSSR count). The van der Waals surface area contributed by atoms with Gasteiger partial charge in [0, 0.05) is 19.2 Å². The lowest BCUT2D eigenvalue weighted by molar-refractivity contribution is 0.101. The van der Waals surface area contributed by atoms with Gasteiger partial charge in [0.25, 0.3) is 11.5 Å². The zero-order valence-electron chi connectivity index (χ0n) is 9.85. The minimum Gasteiger partial charge on any atom is -0.318 e. The van der Waals surface area contributed by atoms with Gasteiger partial charge in [0.05, 0.1) is 5.69 Å². The normalized spacial score (nSPS) is 10.3. The molecule has 1 heterocycles. The number of hydrogen-bond donors (Lipinski definition) is 1. The molecule has 0 radical (unpaired) electrons. The summed E-state index contributed by atoms with van der Waals surface area (Å²) >= 11 is 0. The van der Waals surface area contributed by atoms with Crippen LogP contribution >= 0.6 is 0 Å². The third kappa shape index (κ3) is 2.82. The summed E-state index contributed by atoms with van der Waals surface area (Å²) in [6.07, 6.45) is 0. The van der Waals surface area contributed by atoms with E-state index < -0.39 is 17.5 Å². The van der Waals surface area contributed by atoms with E-state index in [0.717, 1.165) is 16.8 Å². The molecular weight excluding hydrogens is 256 g/mol. The van der Waals surface area contributed by atoms with Crippen molar-refractivity contribution in [2.75, 3.05) is 5.32 Å². The van der Waals surface area contributed by atoms with E-state index in [-0.39, 0.29) is 16.9 Å². The van der Waals surface area contributed by atoms with Gasteiger partial charge in [-0.05, 0) is 18.2 Å². The first kappa shape index (κ1) is 12.9. The largest absolute Gasteiger partial charge is 0.318 e. The summed E-state index contributed by atoms with van der Waals surface area (Å²) in [7, 11) is 1.39. The summed E-state index contributed by atoms with van der Waals surface area (Å²) in [5.74, 6) is -2.32. The summed E-state index contributed by atoms with van der Waals surface area (Å²) in [6.45, 7) is 0. The lowest BCUT2D eigenvalue weighted by Gasteiger charge is -2.06. The summed E-state index contributed by atoms with van der Waals surface area (Å²) in [4.78, 5) is 22.9. The van der Waals surface area contributed by atoms with E-state index in [0.29, 0.717) is 6.07 Å². The maximum atomic E-state index is 13.3. The summed E-state index contributed by atoms with van der Waals surface area (Å²) in [5, 5.41) is 5.95. The number of benzene rings is 1. The molecule has 0 saturated carbocycles. The Kier molecular flexibility index (Phi) is 3.37. The number of carbonyl (C=O) groups is 1. The average molecular weight is 265 g/mol. The number of nitrogens with one attached hydrogen (secondary N) is 1. The average Bonchev–Trinajstić information content (AvgIpc) is 2.36. The minimum absolute atomic E-state index is 0.0502. The summed E-state index contributed by atoms with van der Waals surface area (Å²) in [5.41, 5.74) is -0.586. The van der Waals surface area contributed by atoms with Crippen LogP contribution in [0.25, 0.3) is 0 Å². The van der Waals surface area contributed by atoms with Crippen LogP contribution in [0, 0.1) is 11.6 Å². The molecule has 1 aromatic heterocycles. The van der Waals surface area contributed by atoms with Gasteiger partial charge in [0.2, 0.25) is 0 Å². The standard InChI is InChI=1S/C12H9F2N3O2/c1-17-11(18)5-4-10(16-17)12(19)15-9-3-2-7(13)6-8(9)14/h2-6H,1H3,(H,15,19). The molecule has 0 fully saturated rings. The van der Waals surface area contributed by atoms with Gasteiger partial charge in [0.1, 0.15) is 17.3 Å². The second-order valence-corrected chi connectivity index (χ2v) is 3.76. The second kappa shape index (κ2) is 4.97. The smallest absolute Gasteiger partial charge is 0.276 e. The Morgan fingerprint density at radius 2 is 2.00 bits per heavy atom. The van der Waals surface area contributed by atoms with E-state index in [1.807, 2.05) is 0 Å². The molecule has 2 aromatic rings. The van der Waals surface area contributed by atoms with Gasteiger partial charge in [-0.2, -0.15) is 5.10 Å². The maximum Gasteiger partial charge on any atom is 0.276 e. The first-order chi connectivity index (χ1) is 8.97. The van der Waals surface area contributed by atoms with Gasteiger partial charge < -0.3 is 5.32 Å². The molecule has 0 atom stereocenters. The molecule has 7 heteroatoms. The fourth-order valence-electron chi connectivity index (χ4n) is 1.40. The predicted molar refractivity (Wildman–Crippen MR) is 63.8 cm³/mol. The van der Waals surface area contributed by atoms with E-state index in [1.165, 1.54) is 19.2 Å². The molecule has 0 unspecified atom stereocenters. The van der Waals surface area contributed by atoms with E-state index in [1.54, 1.807) is 0 Å². The van der Waals surface area contributed by atoms with Gasteiger partial charge in [-0.25, -0.2) is 13.5 Å². The molecule has 5 nitrogen and oxygen atoms in total. The predicted octanol–water partition coefficient (Wildman–Crippen LogP) is 1.31. The van der Waals surface area contributed by atoms with Crippen LogP contribution in [-0.2, 0) is 7.05 Å². The van der Waals surface area contributed by atoms with Crippen molar-refractivity contribution in [1.29, 1.82) is 0 Å². The van der Waals surface area contributed by atoms with Crippen molar-refractivity contribution in [3.63, 3.8) is 0 Å². The summed E-state index contributed by atoms with van der Waals surface area (Å²) < 4.78 is 27.0. The van der Waals surface area contributed by atoms with Crippen molar-refractivity contribution >= 4 is 11.6 Å². The fraction of sp³-hybridized carbons (Fsp3) is 0.0833. The Balaban J connectivity index is 2.25. The highest BCUT2D eigenvalue weighted by atomic mass is 19.1. The van der Waals surface area contributed by atoms with Crippen LogP contribution in [0.3, 0.4) is 0 Å². The van der Waals surface area contributed by atoms with Crippen LogP contribution in [0.2, 0.25) is 0 Å². The number of hydrogen-bond acceptors (Lipinski definition) is 3. The zero-order chi connectivity index (χ0) is 14.0. The Morgan fingerprint density at radius 1 is 1.26 bits per heavy atom. The number of aryl methyl sites for hydroxylation is 1. The number of anilines is 1. The Morgan fingerprint density at radius 3 is 2.63 bits per heavy atom. The maximum absolute atomic E-state index is 13.3. The van der Waals surface area contributed by atoms with Gasteiger partial charge in [-0.1, -0.05) is 0 Å². The molecule has 19 heavy (non-hydrogen) atoms. The lowest BCUT2D eigenvalue weighted by Crippen LogP contribution is -2.23. The number of aromatic nitrogens is 2. The van der Waals surface area contributed by atoms with Gasteiger partial charge in [-0.15, -0.1) is 0 Å². The number of halogens is 2. The molecule has 1 aromatic carbocycles. The molecule has 0 aliphatic carbocycles. The quantitative estimate of drug-likeness (QED) is 0.890. The molecule has 1 N–H and O–H groups in total. The van der Waals surface area contributed by atoms with E-state index in [4.69, 9.17) is 0 Å². The van der Waals surface area contributed by atoms with Crippen molar-refractivity contribution in [3.8, 4) is 0 Å². The van der Waals surface area contributed by atoms with Crippen LogP contribution in [0.15, 0.2) is 35.1 Å². The fourth-order valence-corrected chi connectivity index (χ4v) is 1.40. The number of amides is 1. The molecule has 0 aliphatic rings. The third-order valence-corrected chi connectivity index (χ3v) is 2.37. The Hall–Kier alpha value is -2.57.